The van der Waals surface area contributed by atoms with Gasteiger partial charge in [-0.2, -0.15) is 0 Å². The lowest BCUT2D eigenvalue weighted by atomic mass is 10.1. The first-order valence-corrected chi connectivity index (χ1v) is 8.77. The highest BCUT2D eigenvalue weighted by Crippen LogP contribution is 2.23. The van der Waals surface area contributed by atoms with Crippen LogP contribution in [0.2, 0.25) is 5.02 Å². The minimum absolute atomic E-state index is 0.0197. The number of nitrogens with one attached hydrogen (secondary N) is 1. The van der Waals surface area contributed by atoms with Crippen molar-refractivity contribution in [2.24, 2.45) is 0 Å². The van der Waals surface area contributed by atoms with Crippen molar-refractivity contribution in [1.29, 1.82) is 0 Å². The maximum atomic E-state index is 12.2. The summed E-state index contributed by atoms with van der Waals surface area (Å²) in [6.45, 7) is 4.35. The molecule has 1 amide bonds. The number of hydrogen-bond acceptors (Lipinski definition) is 2. The normalized spacial score (nSPS) is 13.6. The van der Waals surface area contributed by atoms with Gasteiger partial charge in [0.15, 0.2) is 6.54 Å². The van der Waals surface area contributed by atoms with E-state index in [1.165, 1.54) is 0 Å². The van der Waals surface area contributed by atoms with Gasteiger partial charge in [0.1, 0.15) is 17.4 Å². The molecule has 25 heavy (non-hydrogen) atoms. The van der Waals surface area contributed by atoms with Crippen molar-refractivity contribution in [3.63, 3.8) is 0 Å². The van der Waals surface area contributed by atoms with Gasteiger partial charge >= 0.3 is 0 Å². The number of fused-ring (bicyclic) bond motifs is 1. The van der Waals surface area contributed by atoms with E-state index in [-0.39, 0.29) is 18.0 Å². The third-order valence-electron chi connectivity index (χ3n) is 4.30. The van der Waals surface area contributed by atoms with E-state index >= 15 is 0 Å². The summed E-state index contributed by atoms with van der Waals surface area (Å²) in [6.07, 6.45) is 0. The predicted octanol–water partition coefficient (Wildman–Crippen LogP) is 3.59. The van der Waals surface area contributed by atoms with Gasteiger partial charge in [-0.25, -0.2) is 0 Å². The highest BCUT2D eigenvalue weighted by molar-refractivity contribution is 6.30. The Bertz CT molecular complexity index is 825. The Morgan fingerprint density at radius 2 is 1.88 bits per heavy atom. The van der Waals surface area contributed by atoms with Crippen molar-refractivity contribution in [3.05, 3.63) is 70.9 Å². The molecule has 1 aromatic heterocycles. The van der Waals surface area contributed by atoms with Gasteiger partial charge in [0.05, 0.1) is 6.04 Å². The largest absolute Gasteiger partial charge is 0.459 e. The third kappa shape index (κ3) is 4.41. The van der Waals surface area contributed by atoms with Crippen LogP contribution in [-0.4, -0.2) is 12.5 Å². The lowest BCUT2D eigenvalue weighted by Gasteiger charge is -2.13. The standard InChI is InChI=1S/C20H21ClN2O2/c1-13(15-7-9-17(21)10-8-15)22-12-20(24)23-14(2)19-11-16-5-3-4-6-18(16)25-19/h3-11,13-14,22H,12H2,1-2H3,(H,23,24)/p+1/t13-,14-/m0/s1. The number of furan rings is 1. The van der Waals surface area contributed by atoms with Gasteiger partial charge in [-0.05, 0) is 38.1 Å². The summed E-state index contributed by atoms with van der Waals surface area (Å²) in [6, 6.07) is 17.5. The SMILES string of the molecule is C[C@H](NC(=O)C[NH2+][C@@H](C)c1ccc(Cl)cc1)c1cc2ccccc2o1. The number of rotatable bonds is 6. The van der Waals surface area contributed by atoms with Crippen molar-refractivity contribution < 1.29 is 14.5 Å². The van der Waals surface area contributed by atoms with Crippen LogP contribution in [0.15, 0.2) is 59.0 Å². The summed E-state index contributed by atoms with van der Waals surface area (Å²) in [5, 5.41) is 6.75. The van der Waals surface area contributed by atoms with E-state index in [0.29, 0.717) is 11.6 Å². The van der Waals surface area contributed by atoms with Crippen LogP contribution >= 0.6 is 11.6 Å². The Balaban J connectivity index is 1.53. The average Bonchev–Trinajstić information content (AvgIpc) is 3.04. The van der Waals surface area contributed by atoms with Crippen molar-refractivity contribution in [2.75, 3.05) is 6.54 Å². The molecule has 130 valence electrons. The van der Waals surface area contributed by atoms with Crippen LogP contribution in [0.5, 0.6) is 0 Å². The molecule has 0 aliphatic carbocycles. The van der Waals surface area contributed by atoms with E-state index in [4.69, 9.17) is 16.0 Å². The van der Waals surface area contributed by atoms with Crippen LogP contribution in [0.1, 0.15) is 37.3 Å². The molecular formula is C20H22ClN2O2+. The molecule has 0 fully saturated rings. The second-order valence-electron chi connectivity index (χ2n) is 6.26. The lowest BCUT2D eigenvalue weighted by Crippen LogP contribution is -2.87. The zero-order chi connectivity index (χ0) is 17.8. The molecule has 0 aliphatic rings. The minimum atomic E-state index is -0.167. The molecule has 0 spiro atoms. The zero-order valence-corrected chi connectivity index (χ0v) is 15.1. The van der Waals surface area contributed by atoms with Crippen molar-refractivity contribution in [1.82, 2.24) is 5.32 Å². The summed E-state index contributed by atoms with van der Waals surface area (Å²) in [4.78, 5) is 12.2. The molecular weight excluding hydrogens is 336 g/mol. The second-order valence-corrected chi connectivity index (χ2v) is 6.69. The Morgan fingerprint density at radius 1 is 1.16 bits per heavy atom. The van der Waals surface area contributed by atoms with Gasteiger partial charge in [-0.3, -0.25) is 4.79 Å². The lowest BCUT2D eigenvalue weighted by molar-refractivity contribution is -0.682. The fourth-order valence-electron chi connectivity index (χ4n) is 2.77. The molecule has 4 nitrogen and oxygen atoms in total. The topological polar surface area (TPSA) is 58.9 Å². The van der Waals surface area contributed by atoms with E-state index < -0.39 is 0 Å². The summed E-state index contributed by atoms with van der Waals surface area (Å²) in [7, 11) is 0. The Kier molecular flexibility index (Phi) is 5.41. The van der Waals surface area contributed by atoms with Gasteiger partial charge in [-0.1, -0.05) is 41.9 Å². The van der Waals surface area contributed by atoms with Crippen LogP contribution in [0.4, 0.5) is 0 Å². The molecule has 0 unspecified atom stereocenters. The average molecular weight is 358 g/mol. The maximum Gasteiger partial charge on any atom is 0.275 e. The van der Waals surface area contributed by atoms with Gasteiger partial charge in [0, 0.05) is 16.0 Å². The molecule has 0 aliphatic heterocycles. The molecule has 0 radical (unpaired) electrons. The van der Waals surface area contributed by atoms with E-state index in [9.17, 15) is 4.79 Å². The monoisotopic (exact) mass is 357 g/mol. The molecule has 0 saturated heterocycles. The van der Waals surface area contributed by atoms with Crippen LogP contribution in [0.25, 0.3) is 11.0 Å². The molecule has 3 rings (SSSR count). The first-order valence-electron chi connectivity index (χ1n) is 8.39. The highest BCUT2D eigenvalue weighted by atomic mass is 35.5. The molecule has 2 atom stereocenters. The number of halogens is 1. The van der Waals surface area contributed by atoms with Crippen LogP contribution in [0.3, 0.4) is 0 Å². The predicted molar refractivity (Wildman–Crippen MR) is 99.4 cm³/mol. The molecule has 5 heteroatoms. The summed E-state index contributed by atoms with van der Waals surface area (Å²) in [5.41, 5.74) is 1.98. The fourth-order valence-corrected chi connectivity index (χ4v) is 2.90. The van der Waals surface area contributed by atoms with Crippen molar-refractivity contribution in [2.45, 2.75) is 25.9 Å². The molecule has 3 N–H and O–H groups in total. The van der Waals surface area contributed by atoms with E-state index in [2.05, 4.69) is 12.2 Å². The van der Waals surface area contributed by atoms with Gasteiger partial charge in [0.25, 0.3) is 5.91 Å². The van der Waals surface area contributed by atoms with Crippen LogP contribution in [-0.2, 0) is 4.79 Å². The number of carbonyl (C=O) groups is 1. The van der Waals surface area contributed by atoms with Crippen LogP contribution < -0.4 is 10.6 Å². The summed E-state index contributed by atoms with van der Waals surface area (Å²) >= 11 is 5.91. The van der Waals surface area contributed by atoms with Gasteiger partial charge < -0.3 is 15.1 Å². The number of amides is 1. The number of nitrogens with two attached hydrogens (primary N) is 1. The number of quaternary nitrogens is 1. The Hall–Kier alpha value is -2.30. The number of para-hydroxylation sites is 1. The fraction of sp³-hybridized carbons (Fsp3) is 0.250. The van der Waals surface area contributed by atoms with Crippen molar-refractivity contribution >= 4 is 28.5 Å². The highest BCUT2D eigenvalue weighted by Gasteiger charge is 2.16. The number of benzene rings is 2. The molecule has 1 heterocycles. The van der Waals surface area contributed by atoms with Gasteiger partial charge in [0.2, 0.25) is 0 Å². The number of hydrogen-bond donors (Lipinski definition) is 2. The van der Waals surface area contributed by atoms with E-state index in [1.807, 2.05) is 66.8 Å². The molecule has 2 aromatic carbocycles. The summed E-state index contributed by atoms with van der Waals surface area (Å²) < 4.78 is 5.80. The Morgan fingerprint density at radius 3 is 2.60 bits per heavy atom. The molecule has 0 saturated carbocycles. The first kappa shape index (κ1) is 17.5. The smallest absolute Gasteiger partial charge is 0.275 e. The second kappa shape index (κ2) is 7.72. The molecule has 0 bridgehead atoms. The first-order chi connectivity index (χ1) is 12.0. The van der Waals surface area contributed by atoms with Gasteiger partial charge in [-0.15, -0.1) is 0 Å². The van der Waals surface area contributed by atoms with Crippen LogP contribution in [0, 0.1) is 0 Å². The Labute approximate surface area is 152 Å². The van der Waals surface area contributed by atoms with E-state index in [1.54, 1.807) is 0 Å². The maximum absolute atomic E-state index is 12.2. The van der Waals surface area contributed by atoms with E-state index in [0.717, 1.165) is 22.3 Å². The zero-order valence-electron chi connectivity index (χ0n) is 14.3. The summed E-state index contributed by atoms with van der Waals surface area (Å²) in [5.74, 6) is 0.745. The quantitative estimate of drug-likeness (QED) is 0.708. The van der Waals surface area contributed by atoms with Crippen molar-refractivity contribution in [3.8, 4) is 0 Å². The number of carbonyl (C=O) groups excluding carboxylic acids is 1. The molecule has 3 aromatic rings. The minimum Gasteiger partial charge on any atom is -0.459 e. The third-order valence-corrected chi connectivity index (χ3v) is 4.55.